The molecule has 0 aliphatic carbocycles. The SMILES string of the molecule is CC[C@@H](NC(=O)[C@@H](C)N1Cc2ccc(-c3nc(NC4CCOCC4)ncc3Cl)cc2C1=O)c1ccccc1. The molecule has 3 heterocycles. The molecule has 5 rings (SSSR count). The molecule has 38 heavy (non-hydrogen) atoms. The number of carbonyl (C=O) groups excluding carboxylic acids is 2. The molecule has 0 unspecified atom stereocenters. The maximum atomic E-state index is 13.4. The summed E-state index contributed by atoms with van der Waals surface area (Å²) in [5.74, 6) is 0.145. The van der Waals surface area contributed by atoms with Crippen LogP contribution in [0.5, 0.6) is 0 Å². The van der Waals surface area contributed by atoms with E-state index in [1.54, 1.807) is 18.0 Å². The molecule has 0 spiro atoms. The summed E-state index contributed by atoms with van der Waals surface area (Å²) in [4.78, 5) is 37.2. The van der Waals surface area contributed by atoms with Crippen LogP contribution in [0.1, 0.15) is 60.6 Å². The first-order valence-corrected chi connectivity index (χ1v) is 13.5. The zero-order valence-corrected chi connectivity index (χ0v) is 22.4. The van der Waals surface area contributed by atoms with E-state index in [4.69, 9.17) is 16.3 Å². The van der Waals surface area contributed by atoms with E-state index in [-0.39, 0.29) is 23.9 Å². The largest absolute Gasteiger partial charge is 0.381 e. The van der Waals surface area contributed by atoms with Crippen LogP contribution in [0.25, 0.3) is 11.3 Å². The van der Waals surface area contributed by atoms with Gasteiger partial charge in [0.1, 0.15) is 6.04 Å². The van der Waals surface area contributed by atoms with Gasteiger partial charge in [-0.1, -0.05) is 61.0 Å². The first kappa shape index (κ1) is 26.1. The molecule has 9 heteroatoms. The van der Waals surface area contributed by atoms with Crippen molar-refractivity contribution < 1.29 is 14.3 Å². The first-order chi connectivity index (χ1) is 18.4. The van der Waals surface area contributed by atoms with Gasteiger partial charge in [0.05, 0.1) is 23.0 Å². The summed E-state index contributed by atoms with van der Waals surface area (Å²) in [6.07, 6.45) is 4.11. The molecule has 3 aromatic rings. The lowest BCUT2D eigenvalue weighted by Gasteiger charge is -2.26. The number of halogens is 1. The number of benzene rings is 2. The molecule has 1 saturated heterocycles. The van der Waals surface area contributed by atoms with Gasteiger partial charge in [-0.3, -0.25) is 9.59 Å². The van der Waals surface area contributed by atoms with Gasteiger partial charge in [-0.15, -0.1) is 0 Å². The molecule has 2 amide bonds. The van der Waals surface area contributed by atoms with Gasteiger partial charge in [-0.25, -0.2) is 9.97 Å². The van der Waals surface area contributed by atoms with Crippen molar-refractivity contribution in [2.45, 2.75) is 57.8 Å². The number of fused-ring (bicyclic) bond motifs is 1. The van der Waals surface area contributed by atoms with Crippen LogP contribution in [0.15, 0.2) is 54.7 Å². The molecule has 2 aliphatic heterocycles. The van der Waals surface area contributed by atoms with Gasteiger partial charge in [0.15, 0.2) is 0 Å². The number of aromatic nitrogens is 2. The smallest absolute Gasteiger partial charge is 0.255 e. The van der Waals surface area contributed by atoms with Gasteiger partial charge in [0.2, 0.25) is 11.9 Å². The van der Waals surface area contributed by atoms with E-state index in [1.807, 2.05) is 55.5 Å². The fourth-order valence-electron chi connectivity index (χ4n) is 4.99. The minimum absolute atomic E-state index is 0.110. The number of rotatable bonds is 8. The minimum Gasteiger partial charge on any atom is -0.381 e. The molecular weight excluding hydrogens is 502 g/mol. The summed E-state index contributed by atoms with van der Waals surface area (Å²) in [7, 11) is 0. The molecule has 2 aromatic carbocycles. The van der Waals surface area contributed by atoms with Crippen molar-refractivity contribution in [3.8, 4) is 11.3 Å². The van der Waals surface area contributed by atoms with Crippen molar-refractivity contribution in [3.05, 3.63) is 76.4 Å². The molecule has 2 N–H and O–H groups in total. The normalized spacial score (nSPS) is 17.1. The number of nitrogens with zero attached hydrogens (tertiary/aromatic N) is 3. The summed E-state index contributed by atoms with van der Waals surface area (Å²) < 4.78 is 5.42. The monoisotopic (exact) mass is 533 g/mol. The number of carbonyl (C=O) groups is 2. The third kappa shape index (κ3) is 5.51. The molecule has 1 aromatic heterocycles. The number of amides is 2. The van der Waals surface area contributed by atoms with Crippen LogP contribution in [-0.2, 0) is 16.1 Å². The average Bonchev–Trinajstić information content (AvgIpc) is 3.28. The van der Waals surface area contributed by atoms with Crippen molar-refractivity contribution in [1.82, 2.24) is 20.2 Å². The van der Waals surface area contributed by atoms with Crippen LogP contribution < -0.4 is 10.6 Å². The Bertz CT molecular complexity index is 1310. The lowest BCUT2D eigenvalue weighted by atomic mass is 10.0. The van der Waals surface area contributed by atoms with Gasteiger partial charge in [0, 0.05) is 36.9 Å². The number of ether oxygens (including phenoxy) is 1. The second-order valence-corrected chi connectivity index (χ2v) is 10.2. The third-order valence-electron chi connectivity index (χ3n) is 7.29. The number of anilines is 1. The fraction of sp³-hybridized carbons (Fsp3) is 0.379. The highest BCUT2D eigenvalue weighted by atomic mass is 35.5. The molecule has 0 radical (unpaired) electrons. The molecule has 8 nitrogen and oxygen atoms in total. The highest BCUT2D eigenvalue weighted by molar-refractivity contribution is 6.33. The second-order valence-electron chi connectivity index (χ2n) is 9.78. The van der Waals surface area contributed by atoms with Crippen LogP contribution in [0.2, 0.25) is 5.02 Å². The molecule has 198 valence electrons. The molecule has 2 aliphatic rings. The van der Waals surface area contributed by atoms with Gasteiger partial charge < -0.3 is 20.3 Å². The van der Waals surface area contributed by atoms with E-state index < -0.39 is 6.04 Å². The van der Waals surface area contributed by atoms with E-state index >= 15 is 0 Å². The van der Waals surface area contributed by atoms with Crippen molar-refractivity contribution in [3.63, 3.8) is 0 Å². The van der Waals surface area contributed by atoms with E-state index in [0.29, 0.717) is 42.0 Å². The van der Waals surface area contributed by atoms with Crippen LogP contribution in [-0.4, -0.2) is 52.0 Å². The Morgan fingerprint density at radius 3 is 2.68 bits per heavy atom. The second kappa shape index (κ2) is 11.5. The summed E-state index contributed by atoms with van der Waals surface area (Å²) in [6, 6.07) is 15.0. The lowest BCUT2D eigenvalue weighted by Crippen LogP contribution is -2.46. The number of hydrogen-bond donors (Lipinski definition) is 2. The topological polar surface area (TPSA) is 96.5 Å². The van der Waals surface area contributed by atoms with Crippen LogP contribution >= 0.6 is 11.6 Å². The van der Waals surface area contributed by atoms with Crippen LogP contribution in [0.4, 0.5) is 5.95 Å². The Morgan fingerprint density at radius 1 is 1.18 bits per heavy atom. The Balaban J connectivity index is 1.31. The van der Waals surface area contributed by atoms with Crippen molar-refractivity contribution in [2.24, 2.45) is 0 Å². The van der Waals surface area contributed by atoms with E-state index in [0.717, 1.165) is 36.0 Å². The molecule has 1 fully saturated rings. The van der Waals surface area contributed by atoms with Gasteiger partial charge in [-0.05, 0) is 43.4 Å². The Kier molecular flexibility index (Phi) is 7.90. The molecule has 0 saturated carbocycles. The predicted octanol–water partition coefficient (Wildman–Crippen LogP) is 5.00. The van der Waals surface area contributed by atoms with E-state index in [2.05, 4.69) is 20.6 Å². The van der Waals surface area contributed by atoms with Crippen LogP contribution in [0.3, 0.4) is 0 Å². The van der Waals surface area contributed by atoms with E-state index in [1.165, 1.54) is 0 Å². The van der Waals surface area contributed by atoms with Crippen molar-refractivity contribution >= 4 is 29.4 Å². The minimum atomic E-state index is -0.617. The summed E-state index contributed by atoms with van der Waals surface area (Å²) >= 11 is 6.47. The van der Waals surface area contributed by atoms with Gasteiger partial charge in [0.25, 0.3) is 5.91 Å². The zero-order valence-electron chi connectivity index (χ0n) is 21.6. The van der Waals surface area contributed by atoms with Crippen molar-refractivity contribution in [2.75, 3.05) is 18.5 Å². The number of hydrogen-bond acceptors (Lipinski definition) is 6. The maximum absolute atomic E-state index is 13.4. The molecular formula is C29H32ClN5O3. The first-order valence-electron chi connectivity index (χ1n) is 13.1. The highest BCUT2D eigenvalue weighted by Gasteiger charge is 2.35. The highest BCUT2D eigenvalue weighted by Crippen LogP contribution is 2.32. The summed E-state index contributed by atoms with van der Waals surface area (Å²) in [6.45, 7) is 5.60. The van der Waals surface area contributed by atoms with Crippen molar-refractivity contribution in [1.29, 1.82) is 0 Å². The Hall–Kier alpha value is -3.49. The average molecular weight is 534 g/mol. The Morgan fingerprint density at radius 2 is 1.95 bits per heavy atom. The van der Waals surface area contributed by atoms with Gasteiger partial charge in [-0.2, -0.15) is 0 Å². The van der Waals surface area contributed by atoms with E-state index in [9.17, 15) is 9.59 Å². The zero-order chi connectivity index (χ0) is 26.6. The standard InChI is InChI=1S/C29H32ClN5O3/c1-3-25(19-7-5-4-6-8-19)33-27(36)18(2)35-17-21-10-9-20(15-23(21)28(35)37)26-24(30)16-31-29(34-26)32-22-11-13-38-14-12-22/h4-10,15-16,18,22,25H,3,11-14,17H2,1-2H3,(H,33,36)(H,31,32,34)/t18-,25-/m1/s1. The Labute approximate surface area is 227 Å². The lowest BCUT2D eigenvalue weighted by molar-refractivity contribution is -0.126. The predicted molar refractivity (Wildman–Crippen MR) is 147 cm³/mol. The molecule has 2 atom stereocenters. The summed E-state index contributed by atoms with van der Waals surface area (Å²) in [5, 5.41) is 6.88. The summed E-state index contributed by atoms with van der Waals surface area (Å²) in [5.41, 5.74) is 3.77. The molecule has 0 bridgehead atoms. The third-order valence-corrected chi connectivity index (χ3v) is 7.56. The van der Waals surface area contributed by atoms with Crippen LogP contribution in [0, 0.1) is 0 Å². The van der Waals surface area contributed by atoms with Gasteiger partial charge >= 0.3 is 0 Å². The fourth-order valence-corrected chi connectivity index (χ4v) is 5.19. The number of nitrogens with one attached hydrogen (secondary N) is 2. The quantitative estimate of drug-likeness (QED) is 0.423. The maximum Gasteiger partial charge on any atom is 0.255 e.